The van der Waals surface area contributed by atoms with Gasteiger partial charge in [-0.1, -0.05) is 197 Å². The summed E-state index contributed by atoms with van der Waals surface area (Å²) in [7, 11) is 0. The number of hydrogen-bond donors (Lipinski definition) is 0. The van der Waals surface area contributed by atoms with Gasteiger partial charge in [0.15, 0.2) is 0 Å². The van der Waals surface area contributed by atoms with E-state index in [9.17, 15) is 0 Å². The molecule has 0 aromatic heterocycles. The number of rotatable bonds is 8. The van der Waals surface area contributed by atoms with Crippen molar-refractivity contribution >= 4 is 59.4 Å². The van der Waals surface area contributed by atoms with Gasteiger partial charge in [0.1, 0.15) is 0 Å². The van der Waals surface area contributed by atoms with Gasteiger partial charge in [-0.25, -0.2) is 0 Å². The molecule has 0 fully saturated rings. The van der Waals surface area contributed by atoms with E-state index in [1.54, 1.807) is 0 Å². The van der Waals surface area contributed by atoms with Crippen LogP contribution in [-0.2, 0) is 0 Å². The second-order valence-electron chi connectivity index (χ2n) is 10.2. The fourth-order valence-electron chi connectivity index (χ4n) is 5.05. The Balaban J connectivity index is 0.00000221. The topological polar surface area (TPSA) is 0 Å². The Hall–Kier alpha value is -5.46. The van der Waals surface area contributed by atoms with Crippen LogP contribution in [0.25, 0.3) is 59.4 Å². The summed E-state index contributed by atoms with van der Waals surface area (Å²) in [4.78, 5) is 0. The van der Waals surface area contributed by atoms with Gasteiger partial charge in [0.2, 0.25) is 0 Å². The van der Waals surface area contributed by atoms with E-state index >= 15 is 0 Å². The van der Waals surface area contributed by atoms with Crippen molar-refractivity contribution in [2.75, 3.05) is 0 Å². The molecule has 0 heteroatoms. The molecule has 0 saturated heterocycles. The summed E-state index contributed by atoms with van der Waals surface area (Å²) in [6, 6.07) is 51.1. The molecule has 6 aromatic rings. The van der Waals surface area contributed by atoms with Gasteiger partial charge in [-0.3, -0.25) is 0 Å². The summed E-state index contributed by atoms with van der Waals surface area (Å²) in [6.07, 6.45) is 17.6. The molecule has 0 aliphatic carbocycles. The molecule has 0 N–H and O–H groups in total. The average molecular weight is 569 g/mol. The quantitative estimate of drug-likeness (QED) is 0.160. The molecule has 6 aromatic carbocycles. The molecule has 0 saturated carbocycles. The van der Waals surface area contributed by atoms with Crippen molar-refractivity contribution in [1.29, 1.82) is 0 Å². The molecule has 0 atom stereocenters. The van der Waals surface area contributed by atoms with Crippen LogP contribution in [0.5, 0.6) is 0 Å². The summed E-state index contributed by atoms with van der Waals surface area (Å²) in [5, 5.41) is 2.47. The molecule has 0 radical (unpaired) electrons. The van der Waals surface area contributed by atoms with E-state index in [0.717, 1.165) is 0 Å². The molecular weight excluding hydrogens is 528 g/mol. The van der Waals surface area contributed by atoms with Crippen molar-refractivity contribution < 1.29 is 0 Å². The van der Waals surface area contributed by atoms with E-state index < -0.39 is 0 Å². The summed E-state index contributed by atoms with van der Waals surface area (Å²) in [5.41, 5.74) is 9.50. The van der Waals surface area contributed by atoms with E-state index in [1.807, 2.05) is 12.1 Å². The highest BCUT2D eigenvalue weighted by Gasteiger charge is 2.03. The third-order valence-electron chi connectivity index (χ3n) is 7.34. The standard InChI is InChI=1S/C42H32.2CH4/c1-3-13-33(14-4-1)23-25-35-17-7-9-19-37(35)27-29-41-31-39-21-11-12-22-40(39)32-42(41)30-28-38-20-10-8-18-36(38)26-24-34-15-5-2-6-16-34;;/h1-32H;2*1H4. The second kappa shape index (κ2) is 15.7. The molecule has 0 heterocycles. The lowest BCUT2D eigenvalue weighted by Crippen LogP contribution is -1.85. The predicted octanol–water partition coefficient (Wildman–Crippen LogP) is 12.8. The van der Waals surface area contributed by atoms with Crippen molar-refractivity contribution in [3.05, 3.63) is 190 Å². The van der Waals surface area contributed by atoms with Crippen molar-refractivity contribution in [3.8, 4) is 0 Å². The van der Waals surface area contributed by atoms with Crippen molar-refractivity contribution in [3.63, 3.8) is 0 Å². The van der Waals surface area contributed by atoms with Crippen LogP contribution in [0.3, 0.4) is 0 Å². The van der Waals surface area contributed by atoms with Crippen LogP contribution >= 0.6 is 0 Å². The molecule has 6 rings (SSSR count). The van der Waals surface area contributed by atoms with Crippen molar-refractivity contribution in [1.82, 2.24) is 0 Å². The number of fused-ring (bicyclic) bond motifs is 1. The normalized spacial score (nSPS) is 11.4. The minimum atomic E-state index is 0. The fourth-order valence-corrected chi connectivity index (χ4v) is 5.05. The lowest BCUT2D eigenvalue weighted by Gasteiger charge is -2.07. The summed E-state index contributed by atoms with van der Waals surface area (Å²) >= 11 is 0. The fraction of sp³-hybridized carbons (Fsp3) is 0.0455. The van der Waals surface area contributed by atoms with E-state index in [-0.39, 0.29) is 14.9 Å². The van der Waals surface area contributed by atoms with Gasteiger partial charge < -0.3 is 0 Å². The summed E-state index contributed by atoms with van der Waals surface area (Å²) < 4.78 is 0. The first kappa shape index (κ1) is 31.5. The number of benzene rings is 6. The van der Waals surface area contributed by atoms with Crippen LogP contribution < -0.4 is 0 Å². The Kier molecular flexibility index (Phi) is 11.2. The van der Waals surface area contributed by atoms with Gasteiger partial charge in [-0.05, 0) is 67.4 Å². The predicted molar refractivity (Wildman–Crippen MR) is 199 cm³/mol. The third kappa shape index (κ3) is 8.09. The molecule has 0 bridgehead atoms. The Bertz CT molecular complexity index is 1760. The van der Waals surface area contributed by atoms with Gasteiger partial charge in [0.25, 0.3) is 0 Å². The van der Waals surface area contributed by atoms with Crippen LogP contribution in [0.4, 0.5) is 0 Å². The first-order chi connectivity index (χ1) is 20.8. The summed E-state index contributed by atoms with van der Waals surface area (Å²) in [5.74, 6) is 0. The third-order valence-corrected chi connectivity index (χ3v) is 7.34. The molecule has 0 spiro atoms. The van der Waals surface area contributed by atoms with Crippen LogP contribution in [-0.4, -0.2) is 0 Å². The van der Waals surface area contributed by atoms with Crippen LogP contribution in [0.1, 0.15) is 59.4 Å². The van der Waals surface area contributed by atoms with Crippen LogP contribution in [0, 0.1) is 0 Å². The van der Waals surface area contributed by atoms with Crippen molar-refractivity contribution in [2.45, 2.75) is 14.9 Å². The van der Waals surface area contributed by atoms with Gasteiger partial charge in [-0.2, -0.15) is 0 Å². The van der Waals surface area contributed by atoms with Crippen molar-refractivity contribution in [2.24, 2.45) is 0 Å². The lowest BCUT2D eigenvalue weighted by molar-refractivity contribution is 1.60. The molecular formula is C44H40. The minimum absolute atomic E-state index is 0. The largest absolute Gasteiger partial charge is 0.0776 e. The highest BCUT2D eigenvalue weighted by molar-refractivity contribution is 5.92. The Morgan fingerprint density at radius 2 is 0.523 bits per heavy atom. The molecule has 0 amide bonds. The van der Waals surface area contributed by atoms with E-state index in [0.29, 0.717) is 0 Å². The number of hydrogen-bond acceptors (Lipinski definition) is 0. The maximum atomic E-state index is 2.29. The lowest BCUT2D eigenvalue weighted by atomic mass is 9.97. The van der Waals surface area contributed by atoms with Crippen LogP contribution in [0.15, 0.2) is 146 Å². The average Bonchev–Trinajstić information content (AvgIpc) is 3.06. The monoisotopic (exact) mass is 568 g/mol. The summed E-state index contributed by atoms with van der Waals surface area (Å²) in [6.45, 7) is 0. The van der Waals surface area contributed by atoms with Gasteiger partial charge >= 0.3 is 0 Å². The Morgan fingerprint density at radius 3 is 0.886 bits per heavy atom. The van der Waals surface area contributed by atoms with Gasteiger partial charge in [0, 0.05) is 0 Å². The highest BCUT2D eigenvalue weighted by atomic mass is 14.1. The Morgan fingerprint density at radius 1 is 0.250 bits per heavy atom. The minimum Gasteiger partial charge on any atom is -0.0776 e. The molecule has 44 heavy (non-hydrogen) atoms. The molecule has 0 aliphatic heterocycles. The zero-order chi connectivity index (χ0) is 28.4. The smallest absolute Gasteiger partial charge is 0.0177 e. The zero-order valence-electron chi connectivity index (χ0n) is 23.5. The van der Waals surface area contributed by atoms with E-state index in [2.05, 4.69) is 182 Å². The first-order valence-corrected chi connectivity index (χ1v) is 14.4. The molecule has 0 aliphatic rings. The maximum absolute atomic E-state index is 2.29. The highest BCUT2D eigenvalue weighted by Crippen LogP contribution is 2.26. The molecule has 0 nitrogen and oxygen atoms in total. The maximum Gasteiger partial charge on any atom is -0.0177 e. The zero-order valence-corrected chi connectivity index (χ0v) is 23.5. The van der Waals surface area contributed by atoms with Gasteiger partial charge in [-0.15, -0.1) is 0 Å². The van der Waals surface area contributed by atoms with E-state index in [1.165, 1.54) is 55.3 Å². The SMILES string of the molecule is C.C.C(=Cc1ccccc1C=Cc1cc2ccccc2cc1C=Cc1ccccc1C=Cc1ccccc1)c1ccccc1. The first-order valence-electron chi connectivity index (χ1n) is 14.4. The molecule has 0 unspecified atom stereocenters. The second-order valence-corrected chi connectivity index (χ2v) is 10.2. The Labute approximate surface area is 263 Å². The van der Waals surface area contributed by atoms with Gasteiger partial charge in [0.05, 0.1) is 0 Å². The van der Waals surface area contributed by atoms with Crippen LogP contribution in [0.2, 0.25) is 0 Å². The molecule has 216 valence electrons. The van der Waals surface area contributed by atoms with E-state index in [4.69, 9.17) is 0 Å².